The fourth-order valence-electron chi connectivity index (χ4n) is 1.91. The summed E-state index contributed by atoms with van der Waals surface area (Å²) >= 11 is 0. The van der Waals surface area contributed by atoms with E-state index in [0.717, 1.165) is 19.3 Å². The molecule has 24 heavy (non-hydrogen) atoms. The smallest absolute Gasteiger partial charge is 0.355 e. The SMILES string of the molecule is CCc1nncn1CCNC(=NC)NCC(=O)N(C)CC(F)(F)F. The minimum absolute atomic E-state index is 0.279. The van der Waals surface area contributed by atoms with Crippen LogP contribution >= 0.6 is 0 Å². The van der Waals surface area contributed by atoms with E-state index in [1.54, 1.807) is 6.33 Å². The Labute approximate surface area is 138 Å². The Balaban J connectivity index is 2.36. The molecule has 136 valence electrons. The Morgan fingerprint density at radius 2 is 2.12 bits per heavy atom. The van der Waals surface area contributed by atoms with Crippen molar-refractivity contribution in [3.8, 4) is 0 Å². The lowest BCUT2D eigenvalue weighted by Crippen LogP contribution is -2.46. The zero-order valence-electron chi connectivity index (χ0n) is 13.9. The third-order valence-corrected chi connectivity index (χ3v) is 3.13. The van der Waals surface area contributed by atoms with Crippen LogP contribution in [0.1, 0.15) is 12.7 Å². The maximum absolute atomic E-state index is 12.2. The van der Waals surface area contributed by atoms with Gasteiger partial charge in [0.2, 0.25) is 5.91 Å². The number of guanidine groups is 1. The van der Waals surface area contributed by atoms with E-state index in [-0.39, 0.29) is 6.54 Å². The van der Waals surface area contributed by atoms with Crippen molar-refractivity contribution in [2.45, 2.75) is 26.1 Å². The summed E-state index contributed by atoms with van der Waals surface area (Å²) in [6.07, 6.45) is -2.04. The number of carbonyl (C=O) groups excluding carboxylic acids is 1. The number of nitrogens with zero attached hydrogens (tertiary/aromatic N) is 5. The maximum atomic E-state index is 12.2. The van der Waals surface area contributed by atoms with Crippen molar-refractivity contribution in [2.24, 2.45) is 4.99 Å². The number of hydrogen-bond acceptors (Lipinski definition) is 4. The van der Waals surface area contributed by atoms with Gasteiger partial charge in [0.25, 0.3) is 0 Å². The summed E-state index contributed by atoms with van der Waals surface area (Å²) < 4.78 is 38.6. The Kier molecular flexibility index (Phi) is 7.46. The predicted molar refractivity (Wildman–Crippen MR) is 82.5 cm³/mol. The number of carbonyl (C=O) groups is 1. The maximum Gasteiger partial charge on any atom is 0.406 e. The molecule has 1 heterocycles. The van der Waals surface area contributed by atoms with Crippen molar-refractivity contribution >= 4 is 11.9 Å². The predicted octanol–water partition coefficient (Wildman–Crippen LogP) is 0.0262. The first-order valence-electron chi connectivity index (χ1n) is 7.38. The van der Waals surface area contributed by atoms with Crippen LogP contribution in [-0.4, -0.2) is 71.4 Å². The summed E-state index contributed by atoms with van der Waals surface area (Å²) in [5.74, 6) is 0.501. The molecule has 0 fully saturated rings. The molecule has 1 aromatic heterocycles. The van der Waals surface area contributed by atoms with Gasteiger partial charge in [0.1, 0.15) is 18.7 Å². The second-order valence-electron chi connectivity index (χ2n) is 5.01. The van der Waals surface area contributed by atoms with Crippen molar-refractivity contribution in [1.82, 2.24) is 30.3 Å². The van der Waals surface area contributed by atoms with Crippen LogP contribution in [0.3, 0.4) is 0 Å². The average molecular weight is 349 g/mol. The monoisotopic (exact) mass is 349 g/mol. The number of halogens is 3. The Bertz CT molecular complexity index is 556. The molecule has 1 aromatic rings. The molecule has 0 aliphatic carbocycles. The van der Waals surface area contributed by atoms with E-state index in [1.165, 1.54) is 7.05 Å². The third-order valence-electron chi connectivity index (χ3n) is 3.13. The molecule has 0 spiro atoms. The molecule has 0 radical (unpaired) electrons. The summed E-state index contributed by atoms with van der Waals surface area (Å²) in [6.45, 7) is 1.50. The van der Waals surface area contributed by atoms with E-state index in [1.807, 2.05) is 11.5 Å². The summed E-state index contributed by atoms with van der Waals surface area (Å²) in [6, 6.07) is 0. The van der Waals surface area contributed by atoms with Crippen LogP contribution in [0.2, 0.25) is 0 Å². The van der Waals surface area contributed by atoms with Crippen LogP contribution in [0.4, 0.5) is 13.2 Å². The number of likely N-dealkylation sites (N-methyl/N-ethyl adjacent to an activating group) is 1. The van der Waals surface area contributed by atoms with Crippen LogP contribution in [0.5, 0.6) is 0 Å². The molecule has 8 nitrogen and oxygen atoms in total. The molecule has 0 aromatic carbocycles. The standard InChI is InChI=1S/C13H22F3N7O/c1-4-10-21-20-9-23(10)6-5-18-12(17-2)19-7-11(24)22(3)8-13(14,15)16/h9H,4-8H2,1-3H3,(H2,17,18,19). The zero-order chi connectivity index (χ0) is 18.2. The summed E-state index contributed by atoms with van der Waals surface area (Å²) in [4.78, 5) is 16.2. The van der Waals surface area contributed by atoms with Crippen molar-refractivity contribution < 1.29 is 18.0 Å². The highest BCUT2D eigenvalue weighted by atomic mass is 19.4. The fraction of sp³-hybridized carbons (Fsp3) is 0.692. The summed E-state index contributed by atoms with van der Waals surface area (Å²) in [5, 5.41) is 13.4. The first-order chi connectivity index (χ1) is 11.3. The second kappa shape index (κ2) is 9.08. The first-order valence-corrected chi connectivity index (χ1v) is 7.38. The van der Waals surface area contributed by atoms with E-state index >= 15 is 0 Å². The third kappa shape index (κ3) is 6.84. The number of alkyl halides is 3. The zero-order valence-corrected chi connectivity index (χ0v) is 13.9. The number of aliphatic imine (C=N–C) groups is 1. The quantitative estimate of drug-likeness (QED) is 0.536. The molecule has 1 amide bonds. The highest BCUT2D eigenvalue weighted by Gasteiger charge is 2.31. The van der Waals surface area contributed by atoms with E-state index in [0.29, 0.717) is 23.9 Å². The van der Waals surface area contributed by atoms with Gasteiger partial charge in [-0.15, -0.1) is 10.2 Å². The number of nitrogens with one attached hydrogen (secondary N) is 2. The van der Waals surface area contributed by atoms with Gasteiger partial charge in [-0.3, -0.25) is 9.79 Å². The van der Waals surface area contributed by atoms with Gasteiger partial charge < -0.3 is 20.1 Å². The van der Waals surface area contributed by atoms with Crippen LogP contribution < -0.4 is 10.6 Å². The summed E-state index contributed by atoms with van der Waals surface area (Å²) in [7, 11) is 2.61. The molecule has 1 rings (SSSR count). The number of rotatable bonds is 7. The Morgan fingerprint density at radius 1 is 1.42 bits per heavy atom. The molecule has 0 atom stereocenters. The van der Waals surface area contributed by atoms with Crippen molar-refractivity contribution in [1.29, 1.82) is 0 Å². The van der Waals surface area contributed by atoms with Gasteiger partial charge in [-0.05, 0) is 0 Å². The molecule has 0 saturated heterocycles. The number of amides is 1. The topological polar surface area (TPSA) is 87.4 Å². The number of aromatic nitrogens is 3. The van der Waals surface area contributed by atoms with Gasteiger partial charge in [-0.2, -0.15) is 13.2 Å². The van der Waals surface area contributed by atoms with E-state index in [2.05, 4.69) is 25.8 Å². The molecule has 0 unspecified atom stereocenters. The molecular weight excluding hydrogens is 327 g/mol. The lowest BCUT2D eigenvalue weighted by Gasteiger charge is -2.20. The van der Waals surface area contributed by atoms with Gasteiger partial charge in [-0.25, -0.2) is 0 Å². The lowest BCUT2D eigenvalue weighted by molar-refractivity contribution is -0.157. The molecule has 2 N–H and O–H groups in total. The van der Waals surface area contributed by atoms with Gasteiger partial charge in [-0.1, -0.05) is 6.92 Å². The Morgan fingerprint density at radius 3 is 2.71 bits per heavy atom. The van der Waals surface area contributed by atoms with Gasteiger partial charge in [0, 0.05) is 33.6 Å². The van der Waals surface area contributed by atoms with Crippen LogP contribution in [-0.2, 0) is 17.8 Å². The highest BCUT2D eigenvalue weighted by Crippen LogP contribution is 2.15. The highest BCUT2D eigenvalue weighted by molar-refractivity contribution is 5.86. The Hall–Kier alpha value is -2.33. The van der Waals surface area contributed by atoms with E-state index in [4.69, 9.17) is 0 Å². The molecule has 0 saturated carbocycles. The first kappa shape index (κ1) is 19.7. The van der Waals surface area contributed by atoms with Crippen LogP contribution in [0.15, 0.2) is 11.3 Å². The van der Waals surface area contributed by atoms with Gasteiger partial charge >= 0.3 is 6.18 Å². The van der Waals surface area contributed by atoms with Crippen molar-refractivity contribution in [2.75, 3.05) is 33.7 Å². The molecule has 0 bridgehead atoms. The van der Waals surface area contributed by atoms with Crippen LogP contribution in [0, 0.1) is 0 Å². The fourth-order valence-corrected chi connectivity index (χ4v) is 1.91. The van der Waals surface area contributed by atoms with Gasteiger partial charge in [0.05, 0.1) is 6.54 Å². The normalized spacial score (nSPS) is 12.2. The number of aryl methyl sites for hydroxylation is 1. The minimum atomic E-state index is -4.42. The van der Waals surface area contributed by atoms with Gasteiger partial charge in [0.15, 0.2) is 5.96 Å². The summed E-state index contributed by atoms with van der Waals surface area (Å²) in [5.41, 5.74) is 0. The van der Waals surface area contributed by atoms with Crippen LogP contribution in [0.25, 0.3) is 0 Å². The average Bonchev–Trinajstić information content (AvgIpc) is 2.96. The molecule has 0 aliphatic rings. The molecule has 11 heteroatoms. The lowest BCUT2D eigenvalue weighted by atomic mass is 10.4. The molecular formula is C13H22F3N7O. The number of hydrogen-bond donors (Lipinski definition) is 2. The minimum Gasteiger partial charge on any atom is -0.355 e. The largest absolute Gasteiger partial charge is 0.406 e. The van der Waals surface area contributed by atoms with E-state index < -0.39 is 18.6 Å². The second-order valence-corrected chi connectivity index (χ2v) is 5.01. The molecule has 0 aliphatic heterocycles. The van der Waals surface area contributed by atoms with E-state index in [9.17, 15) is 18.0 Å². The van der Waals surface area contributed by atoms with Crippen molar-refractivity contribution in [3.05, 3.63) is 12.2 Å². The van der Waals surface area contributed by atoms with Crippen molar-refractivity contribution in [3.63, 3.8) is 0 Å².